The average molecular weight is 538 g/mol. The minimum Gasteiger partial charge on any atom is -0.362 e. The van der Waals surface area contributed by atoms with E-state index in [0.29, 0.717) is 24.2 Å². The molecule has 0 N–H and O–H groups in total. The monoisotopic (exact) mass is 537 g/mol. The summed E-state index contributed by atoms with van der Waals surface area (Å²) < 4.78 is 82.0. The number of nitrogens with zero attached hydrogens (tertiary/aromatic N) is 3. The Morgan fingerprint density at radius 2 is 1.73 bits per heavy atom. The molecule has 0 bridgehead atoms. The Bertz CT molecular complexity index is 1370. The van der Waals surface area contributed by atoms with E-state index in [1.54, 1.807) is 4.90 Å². The Kier molecular flexibility index (Phi) is 7.37. The van der Waals surface area contributed by atoms with E-state index in [4.69, 9.17) is 11.6 Å². The summed E-state index contributed by atoms with van der Waals surface area (Å²) in [6.45, 7) is -0.0898. The molecule has 0 aromatic heterocycles. The zero-order valence-corrected chi connectivity index (χ0v) is 19.8. The molecule has 1 heterocycles. The summed E-state index contributed by atoms with van der Waals surface area (Å²) in [5.41, 5.74) is -0.981. The van der Waals surface area contributed by atoms with Gasteiger partial charge in [0.15, 0.2) is 0 Å². The Hall–Kier alpha value is -3.71. The number of amides is 1. The molecular weight excluding hydrogens is 520 g/mol. The Morgan fingerprint density at radius 1 is 1.03 bits per heavy atom. The van der Waals surface area contributed by atoms with Gasteiger partial charge in [0, 0.05) is 43.0 Å². The summed E-state index contributed by atoms with van der Waals surface area (Å²) in [5, 5.41) is 9.27. The number of alkyl halides is 3. The van der Waals surface area contributed by atoms with Crippen LogP contribution in [0.4, 0.5) is 32.0 Å². The molecule has 4 rings (SSSR count). The second kappa shape index (κ2) is 10.3. The molecule has 1 aliphatic rings. The number of likely N-dealkylation sites (tertiary alicyclic amines) is 1. The van der Waals surface area contributed by atoms with Gasteiger partial charge in [-0.15, -0.1) is 0 Å². The van der Waals surface area contributed by atoms with Gasteiger partial charge >= 0.3 is 6.18 Å². The second-order valence-corrected chi connectivity index (χ2v) is 8.96. The van der Waals surface area contributed by atoms with Crippen LogP contribution < -0.4 is 4.90 Å². The molecule has 3 aromatic carbocycles. The van der Waals surface area contributed by atoms with Crippen molar-refractivity contribution < 1.29 is 31.1 Å². The van der Waals surface area contributed by atoms with Crippen molar-refractivity contribution in [1.29, 1.82) is 5.26 Å². The molecule has 11 heteroatoms. The molecule has 192 valence electrons. The first-order valence-corrected chi connectivity index (χ1v) is 11.4. The van der Waals surface area contributed by atoms with Crippen LogP contribution in [-0.2, 0) is 12.7 Å². The van der Waals surface area contributed by atoms with Crippen LogP contribution in [0.3, 0.4) is 0 Å². The number of carbonyl (C=O) groups is 1. The molecule has 1 atom stereocenters. The van der Waals surface area contributed by atoms with Gasteiger partial charge in [0.05, 0.1) is 16.1 Å². The highest BCUT2D eigenvalue weighted by molar-refractivity contribution is 6.32. The lowest BCUT2D eigenvalue weighted by Gasteiger charge is -2.32. The SMILES string of the molecule is N#Cc1ccc(N(Cc2ccc(F)cc2C(F)(F)F)[C@H]2CCN(C(=O)c3cc(F)cc(F)c3)C2)cc1Cl. The van der Waals surface area contributed by atoms with Gasteiger partial charge in [-0.25, -0.2) is 13.2 Å². The van der Waals surface area contributed by atoms with E-state index in [1.807, 2.05) is 6.07 Å². The Labute approximate surface area is 213 Å². The largest absolute Gasteiger partial charge is 0.416 e. The normalized spacial score (nSPS) is 15.5. The van der Waals surface area contributed by atoms with Crippen LogP contribution in [0.2, 0.25) is 5.02 Å². The van der Waals surface area contributed by atoms with Gasteiger partial charge in [-0.3, -0.25) is 4.79 Å². The predicted octanol–water partition coefficient (Wildman–Crippen LogP) is 6.57. The first-order chi connectivity index (χ1) is 17.5. The van der Waals surface area contributed by atoms with E-state index < -0.39 is 41.1 Å². The molecule has 3 aromatic rings. The fraction of sp³-hybridized carbons (Fsp3) is 0.231. The highest BCUT2D eigenvalue weighted by Crippen LogP contribution is 2.36. The third-order valence-corrected chi connectivity index (χ3v) is 6.44. The lowest BCUT2D eigenvalue weighted by Crippen LogP contribution is -2.39. The maximum atomic E-state index is 13.7. The van der Waals surface area contributed by atoms with Crippen LogP contribution in [-0.4, -0.2) is 29.9 Å². The minimum atomic E-state index is -4.81. The van der Waals surface area contributed by atoms with E-state index in [1.165, 1.54) is 23.1 Å². The summed E-state index contributed by atoms with van der Waals surface area (Å²) in [7, 11) is 0. The van der Waals surface area contributed by atoms with E-state index in [0.717, 1.165) is 24.3 Å². The van der Waals surface area contributed by atoms with E-state index in [9.17, 15) is 36.4 Å². The Morgan fingerprint density at radius 3 is 2.35 bits per heavy atom. The summed E-state index contributed by atoms with van der Waals surface area (Å²) in [5.74, 6) is -3.49. The third kappa shape index (κ3) is 5.83. The van der Waals surface area contributed by atoms with Gasteiger partial charge in [-0.05, 0) is 54.4 Å². The number of nitriles is 1. The number of carbonyl (C=O) groups excluding carboxylic acids is 1. The van der Waals surface area contributed by atoms with Gasteiger partial charge in [-0.2, -0.15) is 18.4 Å². The van der Waals surface area contributed by atoms with E-state index in [-0.39, 0.29) is 41.3 Å². The fourth-order valence-electron chi connectivity index (χ4n) is 4.38. The molecule has 0 saturated carbocycles. The quantitative estimate of drug-likeness (QED) is 0.346. The number of halogens is 7. The van der Waals surface area contributed by atoms with E-state index in [2.05, 4.69) is 0 Å². The smallest absolute Gasteiger partial charge is 0.362 e. The van der Waals surface area contributed by atoms with Gasteiger partial charge in [0.25, 0.3) is 5.91 Å². The first-order valence-electron chi connectivity index (χ1n) is 11.0. The number of anilines is 1. The number of benzene rings is 3. The number of hydrogen-bond acceptors (Lipinski definition) is 3. The molecule has 1 fully saturated rings. The highest BCUT2D eigenvalue weighted by atomic mass is 35.5. The van der Waals surface area contributed by atoms with Crippen molar-refractivity contribution in [3.63, 3.8) is 0 Å². The summed E-state index contributed by atoms with van der Waals surface area (Å²) in [4.78, 5) is 15.8. The molecular formula is C26H18ClF6N3O. The van der Waals surface area contributed by atoms with Crippen molar-refractivity contribution >= 4 is 23.2 Å². The zero-order valence-electron chi connectivity index (χ0n) is 19.0. The van der Waals surface area contributed by atoms with Crippen LogP contribution in [0, 0.1) is 28.8 Å². The lowest BCUT2D eigenvalue weighted by atomic mass is 10.0. The number of rotatable bonds is 5. The maximum absolute atomic E-state index is 13.7. The molecule has 0 spiro atoms. The molecule has 37 heavy (non-hydrogen) atoms. The Balaban J connectivity index is 1.68. The van der Waals surface area contributed by atoms with Gasteiger partial charge in [0.1, 0.15) is 23.5 Å². The highest BCUT2D eigenvalue weighted by Gasteiger charge is 2.36. The van der Waals surface area contributed by atoms with Gasteiger partial charge in [-0.1, -0.05) is 17.7 Å². The summed E-state index contributed by atoms with van der Waals surface area (Å²) in [6, 6.07) is 10.6. The predicted molar refractivity (Wildman–Crippen MR) is 124 cm³/mol. The molecule has 1 amide bonds. The average Bonchev–Trinajstić information content (AvgIpc) is 3.31. The van der Waals surface area contributed by atoms with Gasteiger partial charge in [0.2, 0.25) is 0 Å². The topological polar surface area (TPSA) is 47.3 Å². The first kappa shape index (κ1) is 26.4. The van der Waals surface area contributed by atoms with Crippen molar-refractivity contribution in [3.8, 4) is 6.07 Å². The number of hydrogen-bond donors (Lipinski definition) is 0. The van der Waals surface area contributed by atoms with Crippen LogP contribution >= 0.6 is 11.6 Å². The second-order valence-electron chi connectivity index (χ2n) is 8.55. The third-order valence-electron chi connectivity index (χ3n) is 6.12. The molecule has 0 unspecified atom stereocenters. The molecule has 4 nitrogen and oxygen atoms in total. The molecule has 1 saturated heterocycles. The van der Waals surface area contributed by atoms with Crippen molar-refractivity contribution in [2.45, 2.75) is 25.2 Å². The van der Waals surface area contributed by atoms with Crippen LogP contribution in [0.5, 0.6) is 0 Å². The summed E-state index contributed by atoms with van der Waals surface area (Å²) >= 11 is 6.18. The van der Waals surface area contributed by atoms with Crippen molar-refractivity contribution in [1.82, 2.24) is 4.90 Å². The van der Waals surface area contributed by atoms with Crippen LogP contribution in [0.25, 0.3) is 0 Å². The molecule has 0 radical (unpaired) electrons. The molecule has 0 aliphatic carbocycles. The maximum Gasteiger partial charge on any atom is 0.416 e. The molecule has 1 aliphatic heterocycles. The lowest BCUT2D eigenvalue weighted by molar-refractivity contribution is -0.138. The standard InChI is InChI=1S/C26H18ClF6N3O/c27-24-11-21(4-2-15(24)12-34)36(13-16-1-3-18(28)10-23(16)26(31,32)33)22-5-6-35(14-22)25(37)17-7-19(29)9-20(30)8-17/h1-4,7-11,22H,5-6,13-14H2/t22-/m0/s1. The van der Waals surface area contributed by atoms with Gasteiger partial charge < -0.3 is 9.80 Å². The van der Waals surface area contributed by atoms with Crippen LogP contribution in [0.1, 0.15) is 33.5 Å². The minimum absolute atomic E-state index is 0.0388. The zero-order chi connectivity index (χ0) is 26.9. The van der Waals surface area contributed by atoms with Crippen molar-refractivity contribution in [2.75, 3.05) is 18.0 Å². The van der Waals surface area contributed by atoms with Crippen LogP contribution in [0.15, 0.2) is 54.6 Å². The summed E-state index contributed by atoms with van der Waals surface area (Å²) in [6.07, 6.45) is -4.49. The van der Waals surface area contributed by atoms with E-state index >= 15 is 0 Å². The van der Waals surface area contributed by atoms with Crippen molar-refractivity contribution in [2.24, 2.45) is 0 Å². The van der Waals surface area contributed by atoms with Crippen molar-refractivity contribution in [3.05, 3.63) is 99.3 Å². The fourth-order valence-corrected chi connectivity index (χ4v) is 4.60.